The third-order valence-corrected chi connectivity index (χ3v) is 0.805. The fraction of sp³-hybridized carbons (Fsp3) is 0.500. The van der Waals surface area contributed by atoms with Crippen molar-refractivity contribution < 1.29 is 51.9 Å². The van der Waals surface area contributed by atoms with Crippen LogP contribution in [-0.4, -0.2) is 147 Å². The Kier molecular flexibility index (Phi) is 58.5. The van der Waals surface area contributed by atoms with Crippen LogP contribution < -0.4 is 0 Å². The van der Waals surface area contributed by atoms with Crippen molar-refractivity contribution in [1.82, 2.24) is 0 Å². The van der Waals surface area contributed by atoms with E-state index in [1.54, 1.807) is 0 Å². The Morgan fingerprint density at radius 1 is 0.750 bits per heavy atom. The van der Waals surface area contributed by atoms with Gasteiger partial charge < -0.3 is 42.3 Å². The van der Waals surface area contributed by atoms with Crippen LogP contribution in [0.5, 0.6) is 0 Å². The average molecular weight is 284 g/mol. The van der Waals surface area contributed by atoms with Gasteiger partial charge in [-0.1, -0.05) is 0 Å². The van der Waals surface area contributed by atoms with Crippen LogP contribution in [0, 0.1) is 0 Å². The zero-order valence-electron chi connectivity index (χ0n) is 8.76. The van der Waals surface area contributed by atoms with E-state index in [0.29, 0.717) is 0 Å². The van der Waals surface area contributed by atoms with Gasteiger partial charge in [0.05, 0.1) is 0 Å². The summed E-state index contributed by atoms with van der Waals surface area (Å²) < 4.78 is 0. The Morgan fingerprint density at radius 3 is 0.938 bits per heavy atom. The first-order valence-electron chi connectivity index (χ1n) is 2.28. The topological polar surface area (TPSA) is 241 Å². The van der Waals surface area contributed by atoms with Crippen molar-refractivity contribution >= 4 is 92.9 Å². The molecule has 12 heteroatoms. The second kappa shape index (κ2) is 21.6. The van der Waals surface area contributed by atoms with E-state index in [0.717, 1.165) is 0 Å². The number of carboxylic acid groups (broad SMARTS) is 2. The predicted molar refractivity (Wildman–Crippen MR) is 53.2 cm³/mol. The van der Waals surface area contributed by atoms with Crippen LogP contribution in [0.1, 0.15) is 0 Å². The summed E-state index contributed by atoms with van der Waals surface area (Å²) >= 11 is 0. The molecule has 0 fully saturated rings. The van der Waals surface area contributed by atoms with Crippen LogP contribution in [0.2, 0.25) is 0 Å². The number of aliphatic hydroxyl groups excluding tert-OH is 2. The number of aliphatic hydroxyl groups is 2. The van der Waals surface area contributed by atoms with E-state index in [1.807, 2.05) is 0 Å². The minimum atomic E-state index is -2.27. The van der Waals surface area contributed by atoms with Crippen LogP contribution in [-0.2, 0) is 9.59 Å². The Bertz CT molecular complexity index is 147. The largest absolute Gasteiger partial charge is 0.479 e. The van der Waals surface area contributed by atoms with E-state index in [1.165, 1.54) is 0 Å². The van der Waals surface area contributed by atoms with Crippen molar-refractivity contribution in [2.75, 3.05) is 0 Å². The third-order valence-electron chi connectivity index (χ3n) is 0.805. The van der Waals surface area contributed by atoms with Gasteiger partial charge in [0, 0.05) is 80.9 Å². The maximum atomic E-state index is 9.77. The number of hydrogen-bond donors (Lipinski definition) is 4. The molecule has 0 aliphatic carbocycles. The van der Waals surface area contributed by atoms with E-state index in [9.17, 15) is 9.59 Å². The zero-order valence-corrected chi connectivity index (χ0v) is 13.9. The molecule has 10 nitrogen and oxygen atoms in total. The summed E-state index contributed by atoms with van der Waals surface area (Å²) in [6, 6.07) is 0. The van der Waals surface area contributed by atoms with E-state index >= 15 is 0 Å². The van der Waals surface area contributed by atoms with Crippen molar-refractivity contribution in [2.24, 2.45) is 0 Å². The van der Waals surface area contributed by atoms with Gasteiger partial charge in [0.25, 0.3) is 0 Å². The van der Waals surface area contributed by atoms with Crippen molar-refractivity contribution in [2.45, 2.75) is 12.2 Å². The molecule has 0 rings (SSSR count). The summed E-state index contributed by atoms with van der Waals surface area (Å²) in [7, 11) is 0. The first-order valence-corrected chi connectivity index (χ1v) is 2.28. The van der Waals surface area contributed by atoms with Gasteiger partial charge in [-0.05, 0) is 0 Å². The molecule has 2 atom stereocenters. The molecule has 12 N–H and O–H groups in total. The molecule has 16 heavy (non-hydrogen) atoms. The first-order chi connectivity index (χ1) is 4.46. The monoisotopic (exact) mass is 284 g/mol. The van der Waals surface area contributed by atoms with Crippen LogP contribution in [0.25, 0.3) is 0 Å². The zero-order chi connectivity index (χ0) is 8.31. The number of carbonyl (C=O) groups is 2. The number of rotatable bonds is 3. The van der Waals surface area contributed by atoms with Crippen molar-refractivity contribution in [3.8, 4) is 0 Å². The maximum absolute atomic E-state index is 9.77. The first kappa shape index (κ1) is 43.3. The molecule has 0 aromatic heterocycles. The SMILES string of the molecule is O.O.O.O.O=C(O)[C@H](O)[C@@H](O)C(=O)O.[K].[Na]. The van der Waals surface area contributed by atoms with Crippen molar-refractivity contribution in [1.29, 1.82) is 0 Å². The van der Waals surface area contributed by atoms with Crippen LogP contribution in [0.3, 0.4) is 0 Å². The molecule has 2 radical (unpaired) electrons. The van der Waals surface area contributed by atoms with Gasteiger partial charge >= 0.3 is 11.9 Å². The van der Waals surface area contributed by atoms with E-state index in [2.05, 4.69) is 0 Å². The average Bonchev–Trinajstić information content (AvgIpc) is 1.84. The van der Waals surface area contributed by atoms with Gasteiger partial charge in [-0.15, -0.1) is 0 Å². The minimum absolute atomic E-state index is 0. The Balaban J connectivity index is -0.0000000270. The fourth-order valence-electron chi connectivity index (χ4n) is 0.270. The minimum Gasteiger partial charge on any atom is -0.479 e. The summed E-state index contributed by atoms with van der Waals surface area (Å²) in [5, 5.41) is 32.5. The normalized spacial score (nSPS) is 9.88. The number of hydrogen-bond acceptors (Lipinski definition) is 4. The summed E-state index contributed by atoms with van der Waals surface area (Å²) in [4.78, 5) is 19.5. The molecule has 0 aliphatic heterocycles. The summed E-state index contributed by atoms with van der Waals surface area (Å²) in [6.07, 6.45) is -4.53. The predicted octanol–water partition coefficient (Wildman–Crippen LogP) is -6.18. The van der Waals surface area contributed by atoms with Crippen molar-refractivity contribution in [3.63, 3.8) is 0 Å². The second-order valence-electron chi connectivity index (χ2n) is 1.57. The molecule has 0 unspecified atom stereocenters. The Morgan fingerprint density at radius 2 is 0.875 bits per heavy atom. The van der Waals surface area contributed by atoms with Crippen LogP contribution in [0.15, 0.2) is 0 Å². The van der Waals surface area contributed by atoms with Gasteiger partial charge in [-0.25, -0.2) is 9.59 Å². The quantitative estimate of drug-likeness (QED) is 0.367. The molecule has 0 saturated carbocycles. The fourth-order valence-corrected chi connectivity index (χ4v) is 0.270. The maximum Gasteiger partial charge on any atom is 0.335 e. The van der Waals surface area contributed by atoms with Gasteiger partial charge in [0.2, 0.25) is 0 Å². The van der Waals surface area contributed by atoms with Crippen molar-refractivity contribution in [3.05, 3.63) is 0 Å². The molecule has 0 heterocycles. The molecular formula is C4H14KNaO10. The summed E-state index contributed by atoms with van der Waals surface area (Å²) in [5.41, 5.74) is 0. The van der Waals surface area contributed by atoms with E-state index in [4.69, 9.17) is 20.4 Å². The van der Waals surface area contributed by atoms with Gasteiger partial charge in [0.15, 0.2) is 12.2 Å². The summed E-state index contributed by atoms with van der Waals surface area (Å²) in [5.74, 6) is -3.54. The number of carboxylic acids is 2. The molecule has 0 bridgehead atoms. The number of aliphatic carboxylic acids is 2. The molecule has 0 aliphatic rings. The molecule has 92 valence electrons. The molecule has 0 saturated heterocycles. The van der Waals surface area contributed by atoms with Gasteiger partial charge in [-0.3, -0.25) is 0 Å². The van der Waals surface area contributed by atoms with Crippen LogP contribution in [0.4, 0.5) is 0 Å². The van der Waals surface area contributed by atoms with Gasteiger partial charge in [0.1, 0.15) is 0 Å². The van der Waals surface area contributed by atoms with E-state index < -0.39 is 24.1 Å². The third kappa shape index (κ3) is 17.7. The standard InChI is InChI=1S/C4H6O6.K.Na.4H2O/c5-1(3(7)8)2(6)4(9)10;;;;;;/h1-2,5-6H,(H,7,8)(H,9,10);;;4*1H2/t1-,2-;;;;;;/m1....../s1. The molecule has 0 spiro atoms. The molecule has 0 aromatic carbocycles. The van der Waals surface area contributed by atoms with Gasteiger partial charge in [-0.2, -0.15) is 0 Å². The second-order valence-corrected chi connectivity index (χ2v) is 1.57. The smallest absolute Gasteiger partial charge is 0.335 e. The Hall–Kier alpha value is 1.34. The van der Waals surface area contributed by atoms with Crippen LogP contribution >= 0.6 is 0 Å². The molecular weight excluding hydrogens is 270 g/mol. The molecule has 0 aromatic rings. The summed E-state index contributed by atoms with van der Waals surface area (Å²) in [6.45, 7) is 0. The molecule has 0 amide bonds. The Labute approximate surface area is 155 Å². The van der Waals surface area contributed by atoms with E-state index in [-0.39, 0.29) is 103 Å².